The molecule has 11 heteroatoms. The van der Waals surface area contributed by atoms with Crippen LogP contribution in [0.2, 0.25) is 0 Å². The third-order valence-corrected chi connectivity index (χ3v) is 7.44. The Morgan fingerprint density at radius 1 is 1.13 bits per heavy atom. The van der Waals surface area contributed by atoms with E-state index in [4.69, 9.17) is 4.42 Å². The van der Waals surface area contributed by atoms with Crippen molar-refractivity contribution < 1.29 is 22.6 Å². The van der Waals surface area contributed by atoms with Crippen molar-refractivity contribution in [2.75, 3.05) is 38.5 Å². The van der Waals surface area contributed by atoms with Crippen molar-refractivity contribution in [2.24, 2.45) is 0 Å². The highest BCUT2D eigenvalue weighted by molar-refractivity contribution is 7.89. The monoisotopic (exact) mass is 434 g/mol. The maximum absolute atomic E-state index is 12.6. The summed E-state index contributed by atoms with van der Waals surface area (Å²) in [4.78, 5) is 26.5. The molecule has 0 bridgehead atoms. The molecule has 2 aromatic rings. The zero-order chi connectivity index (χ0) is 21.3. The van der Waals surface area contributed by atoms with Crippen molar-refractivity contribution in [3.63, 3.8) is 0 Å². The number of rotatable bonds is 5. The predicted molar refractivity (Wildman–Crippen MR) is 107 cm³/mol. The Morgan fingerprint density at radius 3 is 2.43 bits per heavy atom. The highest BCUT2D eigenvalue weighted by Crippen LogP contribution is 2.23. The number of hydrogen-bond donors (Lipinski definition) is 0. The highest BCUT2D eigenvalue weighted by atomic mass is 32.2. The molecule has 0 N–H and O–H groups in total. The fourth-order valence-electron chi connectivity index (χ4n) is 3.91. The highest BCUT2D eigenvalue weighted by Gasteiger charge is 2.40. The molecule has 1 atom stereocenters. The number of furan rings is 1. The van der Waals surface area contributed by atoms with Crippen molar-refractivity contribution in [1.82, 2.24) is 14.1 Å². The number of non-ortho nitro benzene ring substituents is 1. The van der Waals surface area contributed by atoms with Gasteiger partial charge in [-0.05, 0) is 17.7 Å². The molecule has 10 nitrogen and oxygen atoms in total. The fourth-order valence-corrected chi connectivity index (χ4v) is 5.66. The van der Waals surface area contributed by atoms with Gasteiger partial charge in [0, 0.05) is 57.4 Å². The number of hydrogen-bond acceptors (Lipinski definition) is 7. The maximum Gasteiger partial charge on any atom is 0.289 e. The van der Waals surface area contributed by atoms with Gasteiger partial charge in [0.1, 0.15) is 0 Å². The van der Waals surface area contributed by atoms with E-state index in [1.165, 1.54) is 22.7 Å². The van der Waals surface area contributed by atoms with Gasteiger partial charge in [-0.15, -0.1) is 0 Å². The normalized spacial score (nSPS) is 22.3. The van der Waals surface area contributed by atoms with Crippen molar-refractivity contribution in [1.29, 1.82) is 0 Å². The first-order chi connectivity index (χ1) is 14.3. The Labute approximate surface area is 173 Å². The number of nitrogens with zero attached hydrogens (tertiary/aromatic N) is 4. The molecular weight excluding hydrogens is 412 g/mol. The van der Waals surface area contributed by atoms with Crippen LogP contribution in [0.25, 0.3) is 0 Å². The van der Waals surface area contributed by atoms with Crippen molar-refractivity contribution in [3.8, 4) is 0 Å². The Morgan fingerprint density at radius 2 is 1.83 bits per heavy atom. The number of nitro benzene ring substituents is 1. The molecule has 0 spiro atoms. The molecular formula is C19H22N4O6S. The Bertz CT molecular complexity index is 1010. The Balaban J connectivity index is 1.35. The van der Waals surface area contributed by atoms with E-state index in [9.17, 15) is 23.3 Å². The van der Waals surface area contributed by atoms with Gasteiger partial charge in [-0.2, -0.15) is 4.31 Å². The lowest BCUT2D eigenvalue weighted by atomic mass is 10.2. The minimum atomic E-state index is -3.41. The number of carbonyl (C=O) groups excluding carboxylic acids is 1. The molecule has 2 aliphatic heterocycles. The number of sulfonamides is 1. The minimum Gasteiger partial charge on any atom is -0.459 e. The van der Waals surface area contributed by atoms with Gasteiger partial charge in [-0.3, -0.25) is 19.8 Å². The van der Waals surface area contributed by atoms with E-state index < -0.39 is 14.9 Å². The van der Waals surface area contributed by atoms with E-state index in [2.05, 4.69) is 4.90 Å². The molecule has 2 fully saturated rings. The average Bonchev–Trinajstić information content (AvgIpc) is 3.36. The topological polar surface area (TPSA) is 117 Å². The predicted octanol–water partition coefficient (Wildman–Crippen LogP) is 1.16. The molecule has 4 rings (SSSR count). The number of nitro groups is 1. The SMILES string of the molecule is O=C(c1ccco1)N1CCN(C2CN(Cc3ccc([N+](=O)[O-])cc3)S(=O)(=O)C2)CC1. The minimum absolute atomic E-state index is 0.0251. The third kappa shape index (κ3) is 4.23. The van der Waals surface area contributed by atoms with Gasteiger partial charge in [-0.25, -0.2) is 8.42 Å². The number of amides is 1. The lowest BCUT2D eigenvalue weighted by Gasteiger charge is -2.37. The summed E-state index contributed by atoms with van der Waals surface area (Å²) >= 11 is 0. The van der Waals surface area contributed by atoms with Gasteiger partial charge in [0.05, 0.1) is 16.9 Å². The van der Waals surface area contributed by atoms with Crippen LogP contribution in [-0.4, -0.2) is 77.9 Å². The molecule has 160 valence electrons. The maximum atomic E-state index is 12.6. The van der Waals surface area contributed by atoms with Crippen LogP contribution in [-0.2, 0) is 16.6 Å². The fraction of sp³-hybridized carbons (Fsp3) is 0.421. The first-order valence-corrected chi connectivity index (χ1v) is 11.2. The lowest BCUT2D eigenvalue weighted by molar-refractivity contribution is -0.384. The zero-order valence-corrected chi connectivity index (χ0v) is 17.0. The average molecular weight is 434 g/mol. The van der Waals surface area contributed by atoms with E-state index in [-0.39, 0.29) is 29.9 Å². The first-order valence-electron chi connectivity index (χ1n) is 9.61. The number of carbonyl (C=O) groups is 1. The van der Waals surface area contributed by atoms with Crippen LogP contribution in [0.5, 0.6) is 0 Å². The van der Waals surface area contributed by atoms with Gasteiger partial charge >= 0.3 is 0 Å². The van der Waals surface area contributed by atoms with Gasteiger partial charge in [0.15, 0.2) is 5.76 Å². The summed E-state index contributed by atoms with van der Waals surface area (Å²) < 4.78 is 31.9. The second kappa shape index (κ2) is 8.17. The van der Waals surface area contributed by atoms with Crippen molar-refractivity contribution in [2.45, 2.75) is 12.6 Å². The van der Waals surface area contributed by atoms with E-state index in [1.807, 2.05) is 0 Å². The van der Waals surface area contributed by atoms with Crippen LogP contribution in [0.3, 0.4) is 0 Å². The summed E-state index contributed by atoms with van der Waals surface area (Å²) in [5.74, 6) is 0.186. The summed E-state index contributed by atoms with van der Waals surface area (Å²) in [5, 5.41) is 10.8. The lowest BCUT2D eigenvalue weighted by Crippen LogP contribution is -2.53. The largest absolute Gasteiger partial charge is 0.459 e. The van der Waals surface area contributed by atoms with Crippen LogP contribution >= 0.6 is 0 Å². The quantitative estimate of drug-likeness (QED) is 0.512. The second-order valence-electron chi connectivity index (χ2n) is 7.45. The third-order valence-electron chi connectivity index (χ3n) is 5.57. The molecule has 1 aromatic carbocycles. The Kier molecular flexibility index (Phi) is 5.58. The van der Waals surface area contributed by atoms with Gasteiger partial charge in [0.25, 0.3) is 11.6 Å². The molecule has 1 amide bonds. The molecule has 0 radical (unpaired) electrons. The molecule has 1 unspecified atom stereocenters. The first kappa shape index (κ1) is 20.5. The van der Waals surface area contributed by atoms with E-state index in [0.717, 1.165) is 0 Å². The molecule has 0 saturated carbocycles. The van der Waals surface area contributed by atoms with Crippen LogP contribution in [0.1, 0.15) is 16.1 Å². The Hall–Kier alpha value is -2.76. The summed E-state index contributed by atoms with van der Waals surface area (Å²) in [6.45, 7) is 2.77. The van der Waals surface area contributed by atoms with Gasteiger partial charge in [-0.1, -0.05) is 12.1 Å². The molecule has 3 heterocycles. The summed E-state index contributed by atoms with van der Waals surface area (Å²) in [5.41, 5.74) is 0.682. The van der Waals surface area contributed by atoms with E-state index in [1.54, 1.807) is 29.2 Å². The second-order valence-corrected chi connectivity index (χ2v) is 9.47. The summed E-state index contributed by atoms with van der Waals surface area (Å²) in [7, 11) is -3.41. The zero-order valence-electron chi connectivity index (χ0n) is 16.2. The summed E-state index contributed by atoms with van der Waals surface area (Å²) in [6.07, 6.45) is 1.46. The number of benzene rings is 1. The smallest absolute Gasteiger partial charge is 0.289 e. The van der Waals surface area contributed by atoms with Crippen LogP contribution in [0, 0.1) is 10.1 Å². The summed E-state index contributed by atoms with van der Waals surface area (Å²) in [6, 6.07) is 9.09. The van der Waals surface area contributed by atoms with E-state index >= 15 is 0 Å². The molecule has 2 saturated heterocycles. The molecule has 2 aliphatic rings. The van der Waals surface area contributed by atoms with Gasteiger partial charge in [0.2, 0.25) is 10.0 Å². The van der Waals surface area contributed by atoms with E-state index in [0.29, 0.717) is 44.0 Å². The molecule has 0 aliphatic carbocycles. The standard InChI is InChI=1S/C19H22N4O6S/c24-19(18-2-1-11-29-18)21-9-7-20(8-10-21)17-13-22(30(27,28)14-17)12-15-3-5-16(6-4-15)23(25)26/h1-6,11,17H,7-10,12-14H2. The number of piperazine rings is 1. The van der Waals surface area contributed by atoms with Crippen LogP contribution in [0.4, 0.5) is 5.69 Å². The van der Waals surface area contributed by atoms with Crippen molar-refractivity contribution in [3.05, 3.63) is 64.1 Å². The molecule has 1 aromatic heterocycles. The van der Waals surface area contributed by atoms with Gasteiger partial charge < -0.3 is 9.32 Å². The van der Waals surface area contributed by atoms with Crippen molar-refractivity contribution >= 4 is 21.6 Å². The van der Waals surface area contributed by atoms with Crippen LogP contribution < -0.4 is 0 Å². The molecule has 30 heavy (non-hydrogen) atoms. The van der Waals surface area contributed by atoms with Crippen LogP contribution in [0.15, 0.2) is 47.1 Å².